The SMILES string of the molecule is CC(N)=O.O=C(O)c1cn[nH]c1-c1nc(-c2ccccc2)n(-c2cccc(Cl)c2F)c1-c1ccc(F)c(Cl)c1. The van der Waals surface area contributed by atoms with Crippen molar-refractivity contribution in [1.29, 1.82) is 0 Å². The lowest BCUT2D eigenvalue weighted by Crippen LogP contribution is -2.04. The van der Waals surface area contributed by atoms with E-state index in [9.17, 15) is 19.1 Å². The van der Waals surface area contributed by atoms with E-state index in [0.29, 0.717) is 17.0 Å². The summed E-state index contributed by atoms with van der Waals surface area (Å²) < 4.78 is 30.9. The number of amides is 1. The van der Waals surface area contributed by atoms with E-state index in [1.807, 2.05) is 6.07 Å². The zero-order valence-electron chi connectivity index (χ0n) is 20.1. The highest BCUT2D eigenvalue weighted by Crippen LogP contribution is 2.41. The van der Waals surface area contributed by atoms with Crippen LogP contribution < -0.4 is 5.73 Å². The Morgan fingerprint density at radius 2 is 1.67 bits per heavy atom. The zero-order chi connectivity index (χ0) is 28.3. The molecule has 0 aliphatic heterocycles. The molecular weight excluding hydrogens is 551 g/mol. The molecule has 2 aromatic heterocycles. The molecule has 3 aromatic carbocycles. The first kappa shape index (κ1) is 27.5. The van der Waals surface area contributed by atoms with Crippen molar-refractivity contribution in [2.75, 3.05) is 0 Å². The number of carboxylic acids is 1. The van der Waals surface area contributed by atoms with Crippen LogP contribution in [0.5, 0.6) is 0 Å². The summed E-state index contributed by atoms with van der Waals surface area (Å²) in [5.41, 5.74) is 5.87. The second-order valence-corrected chi connectivity index (χ2v) is 8.92. The van der Waals surface area contributed by atoms with E-state index >= 15 is 4.39 Å². The van der Waals surface area contributed by atoms with Gasteiger partial charge in [0.1, 0.15) is 28.6 Å². The average molecular weight is 570 g/mol. The number of carboxylic acid groups (broad SMARTS) is 1. The van der Waals surface area contributed by atoms with Gasteiger partial charge >= 0.3 is 5.97 Å². The summed E-state index contributed by atoms with van der Waals surface area (Å²) >= 11 is 12.2. The summed E-state index contributed by atoms with van der Waals surface area (Å²) in [6, 6.07) is 17.4. The van der Waals surface area contributed by atoms with Gasteiger partial charge in [0, 0.05) is 18.1 Å². The number of imidazole rings is 1. The molecule has 12 heteroatoms. The van der Waals surface area contributed by atoms with E-state index in [1.165, 1.54) is 41.8 Å². The van der Waals surface area contributed by atoms with Crippen LogP contribution in [0.1, 0.15) is 17.3 Å². The number of rotatable bonds is 5. The lowest BCUT2D eigenvalue weighted by Gasteiger charge is -2.15. The van der Waals surface area contributed by atoms with Crippen molar-refractivity contribution >= 4 is 35.1 Å². The molecule has 0 aliphatic carbocycles. The number of nitrogens with two attached hydrogens (primary N) is 1. The predicted molar refractivity (Wildman–Crippen MR) is 144 cm³/mol. The molecule has 1 amide bonds. The Hall–Kier alpha value is -4.54. The Bertz CT molecular complexity index is 1680. The number of hydrogen-bond acceptors (Lipinski definition) is 4. The van der Waals surface area contributed by atoms with Crippen LogP contribution in [0, 0.1) is 11.6 Å². The third-order valence-electron chi connectivity index (χ3n) is 5.38. The Kier molecular flexibility index (Phi) is 8.08. The van der Waals surface area contributed by atoms with Gasteiger partial charge in [-0.3, -0.25) is 14.5 Å². The number of aromatic nitrogens is 4. The normalized spacial score (nSPS) is 10.6. The Morgan fingerprint density at radius 1 is 0.974 bits per heavy atom. The first-order valence-electron chi connectivity index (χ1n) is 11.2. The molecule has 39 heavy (non-hydrogen) atoms. The van der Waals surface area contributed by atoms with Crippen LogP contribution in [0.25, 0.3) is 39.7 Å². The largest absolute Gasteiger partial charge is 0.478 e. The number of primary amides is 1. The minimum absolute atomic E-state index is 0.0574. The summed E-state index contributed by atoms with van der Waals surface area (Å²) in [5.74, 6) is -2.63. The van der Waals surface area contributed by atoms with Gasteiger partial charge in [0.05, 0.1) is 27.6 Å². The van der Waals surface area contributed by atoms with Crippen molar-refractivity contribution in [3.05, 3.63) is 100 Å². The third kappa shape index (κ3) is 5.66. The second kappa shape index (κ2) is 11.5. The van der Waals surface area contributed by atoms with Gasteiger partial charge in [-0.1, -0.05) is 59.6 Å². The van der Waals surface area contributed by atoms with Crippen LogP contribution in [0.15, 0.2) is 72.9 Å². The fraction of sp³-hybridized carbons (Fsp3) is 0.0370. The number of hydrogen-bond donors (Lipinski definition) is 3. The van der Waals surface area contributed by atoms with Crippen LogP contribution in [-0.2, 0) is 4.79 Å². The predicted octanol–water partition coefficient (Wildman–Crippen LogP) is 6.37. The molecule has 0 spiro atoms. The molecular formula is C27H19Cl2F2N5O3. The Morgan fingerprint density at radius 3 is 2.31 bits per heavy atom. The van der Waals surface area contributed by atoms with Gasteiger partial charge < -0.3 is 10.8 Å². The van der Waals surface area contributed by atoms with Crippen LogP contribution in [0.2, 0.25) is 10.0 Å². The first-order valence-corrected chi connectivity index (χ1v) is 12.0. The van der Waals surface area contributed by atoms with Crippen molar-refractivity contribution in [1.82, 2.24) is 19.7 Å². The molecule has 5 aromatic rings. The van der Waals surface area contributed by atoms with E-state index in [1.54, 1.807) is 30.3 Å². The second-order valence-electron chi connectivity index (χ2n) is 8.11. The lowest BCUT2D eigenvalue weighted by atomic mass is 10.1. The molecule has 0 fully saturated rings. The van der Waals surface area contributed by atoms with Gasteiger partial charge in [-0.2, -0.15) is 5.10 Å². The lowest BCUT2D eigenvalue weighted by molar-refractivity contribution is -0.115. The van der Waals surface area contributed by atoms with Crippen LogP contribution >= 0.6 is 23.2 Å². The quantitative estimate of drug-likeness (QED) is 0.226. The molecule has 0 saturated heterocycles. The van der Waals surface area contributed by atoms with Gasteiger partial charge in [0.15, 0.2) is 5.82 Å². The topological polar surface area (TPSA) is 127 Å². The molecule has 0 aliphatic rings. The molecule has 0 radical (unpaired) electrons. The van der Waals surface area contributed by atoms with Crippen molar-refractivity contribution in [2.24, 2.45) is 5.73 Å². The van der Waals surface area contributed by atoms with Gasteiger partial charge in [0.25, 0.3) is 0 Å². The van der Waals surface area contributed by atoms with E-state index < -0.39 is 17.6 Å². The number of carbonyl (C=O) groups is 2. The minimum atomic E-state index is -1.23. The summed E-state index contributed by atoms with van der Waals surface area (Å²) in [5, 5.41) is 16.0. The molecule has 198 valence electrons. The molecule has 0 atom stereocenters. The number of aromatic carboxylic acids is 1. The molecule has 0 bridgehead atoms. The van der Waals surface area contributed by atoms with E-state index in [2.05, 4.69) is 15.9 Å². The summed E-state index contributed by atoms with van der Waals surface area (Å²) in [6.07, 6.45) is 1.15. The molecule has 5 rings (SSSR count). The van der Waals surface area contributed by atoms with Crippen molar-refractivity contribution < 1.29 is 23.5 Å². The fourth-order valence-corrected chi connectivity index (χ4v) is 4.16. The number of benzene rings is 3. The van der Waals surface area contributed by atoms with Crippen LogP contribution in [-0.4, -0.2) is 36.7 Å². The Labute approximate surface area is 230 Å². The maximum Gasteiger partial charge on any atom is 0.339 e. The molecule has 4 N–H and O–H groups in total. The number of halogens is 4. The van der Waals surface area contributed by atoms with Crippen molar-refractivity contribution in [3.8, 4) is 39.7 Å². The first-order chi connectivity index (χ1) is 18.6. The third-order valence-corrected chi connectivity index (χ3v) is 5.96. The standard InChI is InChI=1S/C25H14Cl2F2N4O2.C2H5NO/c26-16-7-4-8-19(20(16)29)33-23(14-9-10-18(28)17(27)11-14)22(21-15(25(34)35)12-30-32-21)31-24(33)13-5-2-1-3-6-13;1-2(3)4/h1-12H,(H,30,32)(H,34,35);1H3,(H2,3,4). The van der Waals surface area contributed by atoms with Crippen molar-refractivity contribution in [3.63, 3.8) is 0 Å². The maximum atomic E-state index is 15.4. The van der Waals surface area contributed by atoms with Gasteiger partial charge in [-0.25, -0.2) is 18.6 Å². The highest BCUT2D eigenvalue weighted by molar-refractivity contribution is 6.31. The van der Waals surface area contributed by atoms with Gasteiger partial charge in [-0.15, -0.1) is 0 Å². The molecule has 8 nitrogen and oxygen atoms in total. The number of H-pyrrole nitrogens is 1. The minimum Gasteiger partial charge on any atom is -0.478 e. The highest BCUT2D eigenvalue weighted by Gasteiger charge is 2.28. The van der Waals surface area contributed by atoms with Gasteiger partial charge in [-0.05, 0) is 30.3 Å². The number of carbonyl (C=O) groups excluding carboxylic acids is 1. The van der Waals surface area contributed by atoms with E-state index in [4.69, 9.17) is 28.2 Å². The average Bonchev–Trinajstić information content (AvgIpc) is 3.53. The fourth-order valence-electron chi connectivity index (χ4n) is 3.81. The van der Waals surface area contributed by atoms with Crippen LogP contribution in [0.3, 0.4) is 0 Å². The summed E-state index contributed by atoms with van der Waals surface area (Å²) in [6.45, 7) is 1.31. The van der Waals surface area contributed by atoms with E-state index in [0.717, 1.165) is 6.20 Å². The maximum absolute atomic E-state index is 15.4. The number of nitrogens with zero attached hydrogens (tertiary/aromatic N) is 3. The number of aromatic amines is 1. The van der Waals surface area contributed by atoms with Gasteiger partial charge in [0.2, 0.25) is 5.91 Å². The summed E-state index contributed by atoms with van der Waals surface area (Å²) in [7, 11) is 0. The highest BCUT2D eigenvalue weighted by atomic mass is 35.5. The molecule has 2 heterocycles. The zero-order valence-corrected chi connectivity index (χ0v) is 21.6. The molecule has 0 saturated carbocycles. The number of nitrogens with one attached hydrogen (secondary N) is 1. The molecule has 0 unspecified atom stereocenters. The van der Waals surface area contributed by atoms with E-state index in [-0.39, 0.29) is 44.3 Å². The van der Waals surface area contributed by atoms with Crippen LogP contribution in [0.4, 0.5) is 8.78 Å². The monoisotopic (exact) mass is 569 g/mol. The smallest absolute Gasteiger partial charge is 0.339 e. The summed E-state index contributed by atoms with van der Waals surface area (Å²) in [4.78, 5) is 25.8. The Balaban J connectivity index is 0.000000826. The van der Waals surface area contributed by atoms with Crippen molar-refractivity contribution in [2.45, 2.75) is 6.92 Å².